The molecule has 0 spiro atoms. The SMILES string of the molecule is Nc1cccc(OCCN2CCCCS2(=O)=O)c1. The number of anilines is 1. The number of nitrogens with zero attached hydrogens (tertiary/aromatic N) is 1. The van der Waals surface area contributed by atoms with E-state index >= 15 is 0 Å². The Hall–Kier alpha value is -1.27. The maximum Gasteiger partial charge on any atom is 0.214 e. The molecule has 0 aromatic heterocycles. The van der Waals surface area contributed by atoms with E-state index in [4.69, 9.17) is 10.5 Å². The van der Waals surface area contributed by atoms with Crippen molar-refractivity contribution in [2.75, 3.05) is 31.2 Å². The Bertz CT molecular complexity index is 502. The molecule has 2 rings (SSSR count). The molecule has 18 heavy (non-hydrogen) atoms. The van der Waals surface area contributed by atoms with Crippen LogP contribution in [0.3, 0.4) is 0 Å². The van der Waals surface area contributed by atoms with Crippen LogP contribution in [0.1, 0.15) is 12.8 Å². The zero-order valence-electron chi connectivity index (χ0n) is 10.2. The van der Waals surface area contributed by atoms with Gasteiger partial charge < -0.3 is 10.5 Å². The molecule has 1 aliphatic rings. The van der Waals surface area contributed by atoms with Crippen molar-refractivity contribution in [3.8, 4) is 5.75 Å². The number of nitrogen functional groups attached to an aromatic ring is 1. The zero-order chi connectivity index (χ0) is 13.0. The number of nitrogens with two attached hydrogens (primary N) is 1. The van der Waals surface area contributed by atoms with Crippen LogP contribution in [0.4, 0.5) is 5.69 Å². The first-order valence-electron chi connectivity index (χ1n) is 6.04. The van der Waals surface area contributed by atoms with E-state index in [9.17, 15) is 8.42 Å². The molecule has 100 valence electrons. The third-order valence-electron chi connectivity index (χ3n) is 2.92. The fourth-order valence-electron chi connectivity index (χ4n) is 1.96. The summed E-state index contributed by atoms with van der Waals surface area (Å²) in [5.41, 5.74) is 6.27. The summed E-state index contributed by atoms with van der Waals surface area (Å²) >= 11 is 0. The second-order valence-electron chi connectivity index (χ2n) is 4.34. The molecule has 6 heteroatoms. The second-order valence-corrected chi connectivity index (χ2v) is 6.43. The highest BCUT2D eigenvalue weighted by atomic mass is 32.2. The molecule has 1 saturated heterocycles. The normalized spacial score (nSPS) is 19.6. The number of sulfonamides is 1. The summed E-state index contributed by atoms with van der Waals surface area (Å²) in [6, 6.07) is 7.12. The summed E-state index contributed by atoms with van der Waals surface area (Å²) in [5.74, 6) is 0.926. The average Bonchev–Trinajstić information content (AvgIpc) is 2.31. The summed E-state index contributed by atoms with van der Waals surface area (Å²) in [4.78, 5) is 0. The van der Waals surface area contributed by atoms with Crippen LogP contribution < -0.4 is 10.5 Å². The predicted octanol–water partition coefficient (Wildman–Crippen LogP) is 1.07. The number of benzene rings is 1. The highest BCUT2D eigenvalue weighted by Crippen LogP contribution is 2.16. The van der Waals surface area contributed by atoms with E-state index in [0.29, 0.717) is 31.1 Å². The minimum Gasteiger partial charge on any atom is -0.492 e. The molecule has 2 N–H and O–H groups in total. The standard InChI is InChI=1S/C12H18N2O3S/c13-11-4-3-5-12(10-11)17-8-7-14-6-1-2-9-18(14,15)16/h3-5,10H,1-2,6-9,13H2. The Kier molecular flexibility index (Phi) is 4.08. The van der Waals surface area contributed by atoms with E-state index in [0.717, 1.165) is 12.8 Å². The molecule has 0 bridgehead atoms. The maximum atomic E-state index is 11.7. The maximum absolute atomic E-state index is 11.7. The van der Waals surface area contributed by atoms with Crippen molar-refractivity contribution in [3.05, 3.63) is 24.3 Å². The van der Waals surface area contributed by atoms with Crippen molar-refractivity contribution < 1.29 is 13.2 Å². The van der Waals surface area contributed by atoms with Crippen molar-refractivity contribution in [2.24, 2.45) is 0 Å². The first-order valence-corrected chi connectivity index (χ1v) is 7.65. The van der Waals surface area contributed by atoms with Crippen molar-refractivity contribution in [2.45, 2.75) is 12.8 Å². The second kappa shape index (κ2) is 5.58. The highest BCUT2D eigenvalue weighted by molar-refractivity contribution is 7.89. The van der Waals surface area contributed by atoms with Gasteiger partial charge in [0.25, 0.3) is 0 Å². The molecule has 0 unspecified atom stereocenters. The van der Waals surface area contributed by atoms with Crippen molar-refractivity contribution >= 4 is 15.7 Å². The van der Waals surface area contributed by atoms with Gasteiger partial charge in [-0.1, -0.05) is 6.07 Å². The number of rotatable bonds is 4. The van der Waals surface area contributed by atoms with Crippen molar-refractivity contribution in [1.29, 1.82) is 0 Å². The molecule has 0 amide bonds. The van der Waals surface area contributed by atoms with Gasteiger partial charge >= 0.3 is 0 Å². The lowest BCUT2D eigenvalue weighted by Gasteiger charge is -2.26. The van der Waals surface area contributed by atoms with Gasteiger partial charge in [-0.05, 0) is 25.0 Å². The lowest BCUT2D eigenvalue weighted by atomic mass is 10.3. The van der Waals surface area contributed by atoms with Crippen LogP contribution in [-0.2, 0) is 10.0 Å². The molecular weight excluding hydrogens is 252 g/mol. The topological polar surface area (TPSA) is 72.6 Å². The van der Waals surface area contributed by atoms with Crippen LogP contribution in [0, 0.1) is 0 Å². The summed E-state index contributed by atoms with van der Waals surface area (Å²) in [7, 11) is -3.06. The molecular formula is C12H18N2O3S. The Morgan fingerprint density at radius 2 is 2.17 bits per heavy atom. The van der Waals surface area contributed by atoms with Crippen LogP contribution in [0.25, 0.3) is 0 Å². The molecule has 1 aromatic rings. The lowest BCUT2D eigenvalue weighted by Crippen LogP contribution is -2.40. The fraction of sp³-hybridized carbons (Fsp3) is 0.500. The molecule has 0 atom stereocenters. The van der Waals surface area contributed by atoms with Gasteiger partial charge in [-0.15, -0.1) is 0 Å². The van der Waals surface area contributed by atoms with E-state index in [2.05, 4.69) is 0 Å². The molecule has 1 aromatic carbocycles. The van der Waals surface area contributed by atoms with E-state index in [1.807, 2.05) is 6.07 Å². The fourth-order valence-corrected chi connectivity index (χ4v) is 3.55. The predicted molar refractivity (Wildman–Crippen MR) is 70.9 cm³/mol. The first-order chi connectivity index (χ1) is 8.58. The molecule has 0 saturated carbocycles. The minimum atomic E-state index is -3.06. The van der Waals surface area contributed by atoms with Crippen LogP contribution in [-0.4, -0.2) is 38.2 Å². The van der Waals surface area contributed by atoms with Gasteiger partial charge in [0.1, 0.15) is 12.4 Å². The number of ether oxygens (including phenoxy) is 1. The highest BCUT2D eigenvalue weighted by Gasteiger charge is 2.25. The Balaban J connectivity index is 1.85. The number of hydrogen-bond donors (Lipinski definition) is 1. The number of hydrogen-bond acceptors (Lipinski definition) is 4. The van der Waals surface area contributed by atoms with E-state index in [1.54, 1.807) is 18.2 Å². The Labute approximate surface area is 108 Å². The third-order valence-corrected chi connectivity index (χ3v) is 4.88. The van der Waals surface area contributed by atoms with Gasteiger partial charge in [-0.2, -0.15) is 4.31 Å². The summed E-state index contributed by atoms with van der Waals surface area (Å²) in [6.07, 6.45) is 1.69. The summed E-state index contributed by atoms with van der Waals surface area (Å²) in [6.45, 7) is 1.35. The molecule has 1 aliphatic heterocycles. The smallest absolute Gasteiger partial charge is 0.214 e. The first kappa shape index (κ1) is 13.2. The Morgan fingerprint density at radius 3 is 2.89 bits per heavy atom. The van der Waals surface area contributed by atoms with Gasteiger partial charge in [-0.25, -0.2) is 8.42 Å². The third kappa shape index (κ3) is 3.36. The van der Waals surface area contributed by atoms with Crippen LogP contribution in [0.2, 0.25) is 0 Å². The largest absolute Gasteiger partial charge is 0.492 e. The molecule has 1 fully saturated rings. The quantitative estimate of drug-likeness (QED) is 0.831. The van der Waals surface area contributed by atoms with Crippen LogP contribution in [0.5, 0.6) is 5.75 Å². The van der Waals surface area contributed by atoms with E-state index in [1.165, 1.54) is 4.31 Å². The molecule has 0 radical (unpaired) electrons. The zero-order valence-corrected chi connectivity index (χ0v) is 11.0. The lowest BCUT2D eigenvalue weighted by molar-refractivity contribution is 0.266. The van der Waals surface area contributed by atoms with Gasteiger partial charge in [0.05, 0.1) is 5.75 Å². The summed E-state index contributed by atoms with van der Waals surface area (Å²) < 4.78 is 30.5. The van der Waals surface area contributed by atoms with Gasteiger partial charge in [0.2, 0.25) is 10.0 Å². The monoisotopic (exact) mass is 270 g/mol. The summed E-state index contributed by atoms with van der Waals surface area (Å²) in [5, 5.41) is 0. The van der Waals surface area contributed by atoms with Crippen molar-refractivity contribution in [3.63, 3.8) is 0 Å². The van der Waals surface area contributed by atoms with E-state index < -0.39 is 10.0 Å². The van der Waals surface area contributed by atoms with Crippen molar-refractivity contribution in [1.82, 2.24) is 4.31 Å². The van der Waals surface area contributed by atoms with Gasteiger partial charge in [0.15, 0.2) is 0 Å². The average molecular weight is 270 g/mol. The van der Waals surface area contributed by atoms with Gasteiger partial charge in [0, 0.05) is 24.8 Å². The van der Waals surface area contributed by atoms with Crippen LogP contribution in [0.15, 0.2) is 24.3 Å². The molecule has 1 heterocycles. The molecule has 5 nitrogen and oxygen atoms in total. The molecule has 0 aliphatic carbocycles. The Morgan fingerprint density at radius 1 is 1.33 bits per heavy atom. The van der Waals surface area contributed by atoms with Crippen LogP contribution >= 0.6 is 0 Å². The van der Waals surface area contributed by atoms with E-state index in [-0.39, 0.29) is 5.75 Å². The minimum absolute atomic E-state index is 0.255. The van der Waals surface area contributed by atoms with Gasteiger partial charge in [-0.3, -0.25) is 0 Å².